The lowest BCUT2D eigenvalue weighted by molar-refractivity contribution is 0.113. The lowest BCUT2D eigenvalue weighted by atomic mass is 9.69. The van der Waals surface area contributed by atoms with Gasteiger partial charge >= 0.3 is 0 Å². The van der Waals surface area contributed by atoms with Gasteiger partial charge < -0.3 is 0 Å². The van der Waals surface area contributed by atoms with Crippen molar-refractivity contribution in [2.24, 2.45) is 53.3 Å². The SMILES string of the molecule is [3H]c1cccc([Si](c2ccccc2)(c2ccccc2)C2CC3C4NC5NC(NC6NC(NC7NC(NC(N4)C3C(CCCC)C2[Si](c2ccccc2)(c2ccccc2)c2cccc([3H])c2[3H])C2CCCCC72)C2CCCCC62)C2CCCCC52)c1[3H]. The maximum Gasteiger partial charge on any atom is 0.151 e. The van der Waals surface area contributed by atoms with Crippen LogP contribution in [0.4, 0.5) is 0 Å². The van der Waals surface area contributed by atoms with E-state index in [1.807, 2.05) is 12.1 Å². The molecule has 428 valence electrons. The highest BCUT2D eigenvalue weighted by Crippen LogP contribution is 2.61. The van der Waals surface area contributed by atoms with E-state index in [0.29, 0.717) is 47.6 Å². The number of hydrogen-bond donors (Lipinski definition) is 8. The Bertz CT molecular complexity index is 3220. The highest BCUT2D eigenvalue weighted by Gasteiger charge is 2.67. The summed E-state index contributed by atoms with van der Waals surface area (Å²) in [5, 5.41) is 42.9. The maximum atomic E-state index is 10.5. The lowest BCUT2D eigenvalue weighted by Crippen LogP contribution is -2.79. The van der Waals surface area contributed by atoms with Crippen LogP contribution in [0.5, 0.6) is 0 Å². The first-order valence-electron chi connectivity index (χ1n) is 34.7. The zero-order valence-electron chi connectivity index (χ0n) is 52.3. The molecule has 9 aliphatic rings. The Balaban J connectivity index is 1.00. The minimum atomic E-state index is -3.62. The Morgan fingerprint density at radius 3 is 1.04 bits per heavy atom. The smallest absolute Gasteiger partial charge is 0.151 e. The summed E-state index contributed by atoms with van der Waals surface area (Å²) in [6.07, 6.45) is 20.2. The van der Waals surface area contributed by atoms with Crippen LogP contribution in [0, 0.1) is 53.3 Å². The van der Waals surface area contributed by atoms with Crippen molar-refractivity contribution in [2.75, 3.05) is 0 Å². The van der Waals surface area contributed by atoms with Crippen LogP contribution in [-0.2, 0) is 0 Å². The van der Waals surface area contributed by atoms with Gasteiger partial charge in [0, 0.05) is 0 Å². The molecular weight excluding hydrogens is 1030 g/mol. The summed E-state index contributed by atoms with van der Waals surface area (Å²) in [7, 11) is -7.20. The molecule has 19 atom stereocenters. The largest absolute Gasteiger partial charge is 0.286 e. The number of nitrogens with one attached hydrogen (secondary N) is 8. The van der Waals surface area contributed by atoms with Gasteiger partial charge in [-0.2, -0.15) is 0 Å². The van der Waals surface area contributed by atoms with Gasteiger partial charge in [-0.3, -0.25) is 42.5 Å². The molecule has 4 aliphatic carbocycles. The van der Waals surface area contributed by atoms with Crippen LogP contribution < -0.4 is 73.7 Å². The first-order chi connectivity index (χ1) is 42.3. The normalized spacial score (nSPS) is 37.7. The van der Waals surface area contributed by atoms with Crippen LogP contribution in [-0.4, -0.2) is 65.5 Å². The van der Waals surface area contributed by atoms with Gasteiger partial charge in [0.15, 0.2) is 16.1 Å². The second-order valence-electron chi connectivity index (χ2n) is 26.9. The van der Waals surface area contributed by atoms with E-state index < -0.39 is 16.1 Å². The minimum absolute atomic E-state index is 0.0463. The molecule has 0 spiro atoms. The first-order valence-corrected chi connectivity index (χ1v) is 36.9. The van der Waals surface area contributed by atoms with Crippen LogP contribution >= 0.6 is 0 Å². The molecule has 9 fully saturated rings. The van der Waals surface area contributed by atoms with Gasteiger partial charge in [-0.15, -0.1) is 0 Å². The van der Waals surface area contributed by atoms with Crippen molar-refractivity contribution in [3.63, 3.8) is 0 Å². The third-order valence-electron chi connectivity index (χ3n) is 23.3. The van der Waals surface area contributed by atoms with Gasteiger partial charge in [-0.1, -0.05) is 247 Å². The fourth-order valence-electron chi connectivity index (χ4n) is 20.2. The van der Waals surface area contributed by atoms with E-state index in [2.05, 4.69) is 195 Å². The summed E-state index contributed by atoms with van der Waals surface area (Å²) in [5.74, 6) is 3.66. The van der Waals surface area contributed by atoms with Gasteiger partial charge in [-0.05, 0) is 140 Å². The number of rotatable bonds is 11. The Labute approximate surface area is 498 Å². The monoisotopic (exact) mass is 1130 g/mol. The van der Waals surface area contributed by atoms with Crippen molar-refractivity contribution in [2.45, 2.75) is 170 Å². The molecule has 8 bridgehead atoms. The van der Waals surface area contributed by atoms with E-state index in [9.17, 15) is 5.48 Å². The van der Waals surface area contributed by atoms with E-state index in [1.165, 1.54) is 97.8 Å². The predicted octanol–water partition coefficient (Wildman–Crippen LogP) is 8.32. The van der Waals surface area contributed by atoms with Crippen molar-refractivity contribution < 1.29 is 5.48 Å². The number of fused-ring (bicyclic) bond motifs is 20. The van der Waals surface area contributed by atoms with E-state index in [1.54, 1.807) is 0 Å². The van der Waals surface area contributed by atoms with Crippen molar-refractivity contribution in [1.29, 1.82) is 0 Å². The summed E-state index contributed by atoms with van der Waals surface area (Å²) in [4.78, 5) is 0. The molecule has 5 heterocycles. The summed E-state index contributed by atoms with van der Waals surface area (Å²) in [5.41, 5.74) is -0.106. The Kier molecular flexibility index (Phi) is 14.2. The summed E-state index contributed by atoms with van der Waals surface area (Å²) >= 11 is 0. The van der Waals surface area contributed by atoms with Gasteiger partial charge in [0.1, 0.15) is 0 Å². The third kappa shape index (κ3) is 9.26. The van der Waals surface area contributed by atoms with Gasteiger partial charge in [-0.25, -0.2) is 0 Å². The highest BCUT2D eigenvalue weighted by atomic mass is 28.3. The quantitative estimate of drug-likeness (QED) is 0.0486. The van der Waals surface area contributed by atoms with Gasteiger partial charge in [0.2, 0.25) is 0 Å². The van der Waals surface area contributed by atoms with Crippen molar-refractivity contribution in [3.8, 4) is 0 Å². The first kappa shape index (κ1) is 49.7. The van der Waals surface area contributed by atoms with Gasteiger partial charge in [0.25, 0.3) is 0 Å². The van der Waals surface area contributed by atoms with Crippen molar-refractivity contribution in [3.05, 3.63) is 182 Å². The molecule has 10 heteroatoms. The zero-order chi connectivity index (χ0) is 58.1. The van der Waals surface area contributed by atoms with Crippen LogP contribution in [0.2, 0.25) is 11.1 Å². The standard InChI is InChI=1S/C72H92N8Si2/c1-2-3-40-60-63-61(71-78-69-57-44-25-24-43-56(57)67(76-69)74-65-54-41-22-23-42-55(54)66(73-65)75-68-58-45-26-27-46-59(58)70(77-68)79-72(63)80-71)47-62(81(48-28-10-4-11-29-48,49-30-12-5-13-31-49)50-32-14-6-15-33-50)64(60)82(51-34-16-7-17-35-51,52-36-18-8-19-37-52)53-38-20-9-21-39-53/h4-21,28-39,54-80H,2-3,22-27,40-47H2,1H3/i10T,16T,28T,34T. The minimum Gasteiger partial charge on any atom is -0.286 e. The molecule has 4 saturated carbocycles. The molecule has 6 aromatic rings. The average molecular weight is 1130 g/mol. The molecular formula is C72H92N8Si2. The second kappa shape index (κ2) is 23.4. The molecule has 19 unspecified atom stereocenters. The summed E-state index contributed by atoms with van der Waals surface area (Å²) < 4.78 is 40.4. The van der Waals surface area contributed by atoms with Crippen LogP contribution in [0.3, 0.4) is 0 Å². The number of hydrogen-bond acceptors (Lipinski definition) is 8. The lowest BCUT2D eigenvalue weighted by Gasteiger charge is -2.59. The van der Waals surface area contributed by atoms with E-state index >= 15 is 0 Å². The Morgan fingerprint density at radius 2 is 0.671 bits per heavy atom. The second-order valence-corrected chi connectivity index (χ2v) is 34.9. The third-order valence-corrected chi connectivity index (χ3v) is 34.4. The van der Waals surface area contributed by atoms with Crippen molar-refractivity contribution in [1.82, 2.24) is 42.5 Å². The van der Waals surface area contributed by atoms with E-state index in [-0.39, 0.29) is 90.2 Å². The predicted molar refractivity (Wildman–Crippen MR) is 342 cm³/mol. The molecule has 0 radical (unpaired) electrons. The van der Waals surface area contributed by atoms with E-state index in [4.69, 9.17) is 0 Å². The molecule has 8 N–H and O–H groups in total. The van der Waals surface area contributed by atoms with Crippen LogP contribution in [0.15, 0.2) is 182 Å². The Hall–Kier alpha value is -4.57. The highest BCUT2D eigenvalue weighted by molar-refractivity contribution is 7.17. The van der Waals surface area contributed by atoms with Crippen molar-refractivity contribution >= 4 is 47.3 Å². The Morgan fingerprint density at radius 1 is 0.366 bits per heavy atom. The van der Waals surface area contributed by atoms with E-state index in [0.717, 1.165) is 36.1 Å². The number of benzene rings is 6. The number of unbranched alkanes of at least 4 members (excludes halogenated alkanes) is 1. The molecule has 5 saturated heterocycles. The zero-order valence-corrected chi connectivity index (χ0v) is 50.3. The molecule has 8 nitrogen and oxygen atoms in total. The molecule has 6 aromatic carbocycles. The molecule has 0 aromatic heterocycles. The fourth-order valence-corrected chi connectivity index (χ4v) is 33.3. The maximum absolute atomic E-state index is 10.5. The molecule has 15 rings (SSSR count). The fraction of sp³-hybridized carbons (Fsp3) is 0.500. The molecule has 0 amide bonds. The summed E-state index contributed by atoms with van der Waals surface area (Å²) in [6, 6.07) is 59.2. The molecule has 5 aliphatic heterocycles. The summed E-state index contributed by atoms with van der Waals surface area (Å²) in [6.45, 7) is 2.38. The van der Waals surface area contributed by atoms with Gasteiger partial charge in [0.05, 0.1) is 54.8 Å². The average Bonchev–Trinajstić information content (AvgIpc) is 0.890. The van der Waals surface area contributed by atoms with Crippen LogP contribution in [0.1, 0.15) is 115 Å². The van der Waals surface area contributed by atoms with Crippen LogP contribution in [0.25, 0.3) is 0 Å². The molecule has 82 heavy (non-hydrogen) atoms. The topological polar surface area (TPSA) is 96.2 Å².